The lowest BCUT2D eigenvalue weighted by molar-refractivity contribution is 0.0933. The highest BCUT2D eigenvalue weighted by Gasteiger charge is 2.30. The Morgan fingerprint density at radius 3 is 2.83 bits per heavy atom. The van der Waals surface area contributed by atoms with Crippen molar-refractivity contribution in [3.05, 3.63) is 82.9 Å². The first kappa shape index (κ1) is 19.3. The number of hydrogen-bond donors (Lipinski definition) is 2. The van der Waals surface area contributed by atoms with Gasteiger partial charge in [0, 0.05) is 19.2 Å². The highest BCUT2D eigenvalue weighted by Crippen LogP contribution is 2.33. The van der Waals surface area contributed by atoms with Gasteiger partial charge in [-0.3, -0.25) is 9.48 Å². The molecule has 1 aromatic heterocycles. The molecule has 3 aromatic rings. The molecule has 2 atom stereocenters. The fourth-order valence-electron chi connectivity index (χ4n) is 3.68. The molecule has 1 amide bonds. The van der Waals surface area contributed by atoms with Crippen molar-refractivity contribution in [3.63, 3.8) is 0 Å². The van der Waals surface area contributed by atoms with Gasteiger partial charge in [0.15, 0.2) is 0 Å². The summed E-state index contributed by atoms with van der Waals surface area (Å²) < 4.78 is 36.1. The van der Waals surface area contributed by atoms with Gasteiger partial charge >= 0.3 is 0 Å². The zero-order valence-electron chi connectivity index (χ0n) is 15.9. The minimum absolute atomic E-state index is 0.125. The SMILES string of the molecule is Cn1ncc(C(=O)NC2CCS(=N)(=O)c3ccc(F)cc32)c1Cc1ccccc1. The van der Waals surface area contributed by atoms with Crippen molar-refractivity contribution in [2.45, 2.75) is 23.8 Å². The summed E-state index contributed by atoms with van der Waals surface area (Å²) >= 11 is 0. The Hall–Kier alpha value is -3.00. The molecule has 0 fully saturated rings. The topological polar surface area (TPSA) is 87.8 Å². The van der Waals surface area contributed by atoms with Crippen LogP contribution in [0, 0.1) is 10.6 Å². The summed E-state index contributed by atoms with van der Waals surface area (Å²) in [5.41, 5.74) is 2.70. The molecule has 0 aliphatic carbocycles. The fourth-order valence-corrected chi connectivity index (χ4v) is 5.34. The Labute approximate surface area is 168 Å². The van der Waals surface area contributed by atoms with E-state index >= 15 is 0 Å². The van der Waals surface area contributed by atoms with Crippen molar-refractivity contribution in [3.8, 4) is 0 Å². The summed E-state index contributed by atoms with van der Waals surface area (Å²) in [6.45, 7) is 0. The van der Waals surface area contributed by atoms with Crippen molar-refractivity contribution in [1.82, 2.24) is 15.1 Å². The Bertz CT molecular complexity index is 1170. The normalized spacial score (nSPS) is 20.8. The van der Waals surface area contributed by atoms with E-state index in [-0.39, 0.29) is 11.7 Å². The van der Waals surface area contributed by atoms with Crippen LogP contribution >= 0.6 is 0 Å². The van der Waals surface area contributed by atoms with Crippen LogP contribution in [0.15, 0.2) is 59.6 Å². The maximum atomic E-state index is 13.8. The van der Waals surface area contributed by atoms with Gasteiger partial charge in [0.1, 0.15) is 5.82 Å². The van der Waals surface area contributed by atoms with Crippen LogP contribution in [0.1, 0.15) is 39.6 Å². The van der Waals surface area contributed by atoms with Gasteiger partial charge in [-0.25, -0.2) is 13.4 Å². The number of aromatic nitrogens is 2. The first-order chi connectivity index (χ1) is 13.8. The predicted octanol–water partition coefficient (Wildman–Crippen LogP) is 3.43. The third kappa shape index (κ3) is 3.80. The lowest BCUT2D eigenvalue weighted by Crippen LogP contribution is -2.34. The van der Waals surface area contributed by atoms with E-state index in [4.69, 9.17) is 4.78 Å². The maximum Gasteiger partial charge on any atom is 0.255 e. The van der Waals surface area contributed by atoms with Crippen molar-refractivity contribution < 1.29 is 13.4 Å². The van der Waals surface area contributed by atoms with Gasteiger partial charge in [-0.2, -0.15) is 5.10 Å². The molecule has 6 nitrogen and oxygen atoms in total. The van der Waals surface area contributed by atoms with Crippen molar-refractivity contribution in [2.24, 2.45) is 7.05 Å². The molecule has 29 heavy (non-hydrogen) atoms. The molecule has 2 heterocycles. The van der Waals surface area contributed by atoms with Crippen LogP contribution in [0.4, 0.5) is 4.39 Å². The average molecular weight is 412 g/mol. The number of nitrogens with one attached hydrogen (secondary N) is 2. The number of halogens is 1. The van der Waals surface area contributed by atoms with Crippen LogP contribution in [-0.4, -0.2) is 25.6 Å². The van der Waals surface area contributed by atoms with E-state index in [0.29, 0.717) is 28.9 Å². The van der Waals surface area contributed by atoms with Crippen LogP contribution in [0.2, 0.25) is 0 Å². The Balaban J connectivity index is 1.62. The number of fused-ring (bicyclic) bond motifs is 1. The van der Waals surface area contributed by atoms with Gasteiger partial charge in [-0.05, 0) is 35.7 Å². The summed E-state index contributed by atoms with van der Waals surface area (Å²) in [5.74, 6) is -0.672. The number of rotatable bonds is 4. The van der Waals surface area contributed by atoms with Gasteiger partial charge in [0.05, 0.1) is 38.1 Å². The number of benzene rings is 2. The van der Waals surface area contributed by atoms with Crippen LogP contribution in [0.3, 0.4) is 0 Å². The monoisotopic (exact) mass is 412 g/mol. The highest BCUT2D eigenvalue weighted by molar-refractivity contribution is 7.92. The van der Waals surface area contributed by atoms with E-state index in [0.717, 1.165) is 11.3 Å². The standard InChI is InChI=1S/C21H21FN4O2S/c1-26-19(11-14-5-3-2-4-6-14)17(13-24-26)21(27)25-18-9-10-29(23,28)20-8-7-15(22)12-16(18)20/h2-8,12-13,18,23H,9-11H2,1H3,(H,25,27). The van der Waals surface area contributed by atoms with E-state index in [1.165, 1.54) is 24.4 Å². The molecule has 0 saturated heterocycles. The molecule has 0 bridgehead atoms. The smallest absolute Gasteiger partial charge is 0.255 e. The lowest BCUT2D eigenvalue weighted by Gasteiger charge is -2.27. The largest absolute Gasteiger partial charge is 0.345 e. The number of aryl methyl sites for hydroxylation is 1. The van der Waals surface area contributed by atoms with E-state index in [2.05, 4.69) is 10.4 Å². The highest BCUT2D eigenvalue weighted by atomic mass is 32.2. The van der Waals surface area contributed by atoms with Crippen LogP contribution in [-0.2, 0) is 23.2 Å². The Morgan fingerprint density at radius 1 is 1.31 bits per heavy atom. The third-order valence-electron chi connectivity index (χ3n) is 5.22. The first-order valence-electron chi connectivity index (χ1n) is 9.27. The lowest BCUT2D eigenvalue weighted by atomic mass is 10.0. The van der Waals surface area contributed by atoms with Gasteiger partial charge in [0.25, 0.3) is 5.91 Å². The molecule has 2 aromatic carbocycles. The number of carbonyl (C=O) groups excluding carboxylic acids is 1. The van der Waals surface area contributed by atoms with Gasteiger partial charge in [-0.15, -0.1) is 0 Å². The minimum atomic E-state index is -2.97. The molecular formula is C21H21FN4O2S. The maximum absolute atomic E-state index is 13.8. The van der Waals surface area contributed by atoms with E-state index < -0.39 is 21.6 Å². The molecule has 2 N–H and O–H groups in total. The summed E-state index contributed by atoms with van der Waals surface area (Å²) in [7, 11) is -1.18. The van der Waals surface area contributed by atoms with Crippen LogP contribution < -0.4 is 5.32 Å². The zero-order valence-corrected chi connectivity index (χ0v) is 16.7. The molecule has 150 valence electrons. The minimum Gasteiger partial charge on any atom is -0.345 e. The second kappa shape index (κ2) is 7.44. The zero-order chi connectivity index (χ0) is 20.6. The average Bonchev–Trinajstić information content (AvgIpc) is 3.05. The molecule has 0 saturated carbocycles. The third-order valence-corrected chi connectivity index (χ3v) is 7.12. The quantitative estimate of drug-likeness (QED) is 0.688. The summed E-state index contributed by atoms with van der Waals surface area (Å²) in [4.78, 5) is 13.3. The number of hydrogen-bond acceptors (Lipinski definition) is 4. The molecule has 1 aliphatic heterocycles. The van der Waals surface area contributed by atoms with E-state index in [9.17, 15) is 13.4 Å². The Morgan fingerprint density at radius 2 is 2.07 bits per heavy atom. The first-order valence-corrected chi connectivity index (χ1v) is 11.0. The molecular weight excluding hydrogens is 391 g/mol. The molecule has 1 aliphatic rings. The fraction of sp³-hybridized carbons (Fsp3) is 0.238. The van der Waals surface area contributed by atoms with Crippen molar-refractivity contribution in [2.75, 3.05) is 5.75 Å². The van der Waals surface area contributed by atoms with E-state index in [1.807, 2.05) is 30.3 Å². The molecule has 2 unspecified atom stereocenters. The number of nitrogens with zero attached hydrogens (tertiary/aromatic N) is 2. The van der Waals surface area contributed by atoms with Crippen molar-refractivity contribution in [1.29, 1.82) is 4.78 Å². The van der Waals surface area contributed by atoms with Crippen LogP contribution in [0.25, 0.3) is 0 Å². The second-order valence-corrected chi connectivity index (χ2v) is 9.37. The number of carbonyl (C=O) groups is 1. The molecule has 0 radical (unpaired) electrons. The summed E-state index contributed by atoms with van der Waals surface area (Å²) in [6.07, 6.45) is 2.39. The number of amides is 1. The van der Waals surface area contributed by atoms with Crippen molar-refractivity contribution >= 4 is 15.6 Å². The predicted molar refractivity (Wildman–Crippen MR) is 108 cm³/mol. The van der Waals surface area contributed by atoms with Crippen LogP contribution in [0.5, 0.6) is 0 Å². The van der Waals surface area contributed by atoms with Gasteiger partial charge in [0.2, 0.25) is 0 Å². The van der Waals surface area contributed by atoms with E-state index in [1.54, 1.807) is 11.7 Å². The summed E-state index contributed by atoms with van der Waals surface area (Å²) in [5, 5.41) is 7.16. The Kier molecular flexibility index (Phi) is 4.96. The van der Waals surface area contributed by atoms with Gasteiger partial charge in [-0.1, -0.05) is 30.3 Å². The summed E-state index contributed by atoms with van der Waals surface area (Å²) in [6, 6.07) is 13.2. The molecule has 8 heteroatoms. The second-order valence-electron chi connectivity index (χ2n) is 7.17. The molecule has 4 rings (SSSR count). The van der Waals surface area contributed by atoms with Gasteiger partial charge < -0.3 is 5.32 Å². The molecule has 0 spiro atoms.